The van der Waals surface area contributed by atoms with Crippen LogP contribution in [-0.2, 0) is 0 Å². The molecule has 0 amide bonds. The molecule has 0 atom stereocenters. The molecule has 0 aliphatic carbocycles. The van der Waals surface area contributed by atoms with E-state index in [2.05, 4.69) is 34.0 Å². The average Bonchev–Trinajstić information content (AvgIpc) is 2.34. The van der Waals surface area contributed by atoms with Crippen molar-refractivity contribution in [2.45, 2.75) is 0 Å². The van der Waals surface area contributed by atoms with Crippen LogP contribution in [0.15, 0.2) is 11.5 Å². The zero-order chi connectivity index (χ0) is 6.97. The third-order valence-corrected chi connectivity index (χ3v) is 3.37. The summed E-state index contributed by atoms with van der Waals surface area (Å²) < 4.78 is 6.66. The second-order valence-electron chi connectivity index (χ2n) is 2.01. The first kappa shape index (κ1) is 6.67. The standard InChI is InChI=1S/C7H5IOS/c8-7-6-5(4-10-7)2-1-3-9-6/h1-2,4H,3H2. The molecule has 0 unspecified atom stereocenters. The van der Waals surface area contributed by atoms with Gasteiger partial charge in [-0.1, -0.05) is 6.08 Å². The summed E-state index contributed by atoms with van der Waals surface area (Å²) in [6.45, 7) is 0.722. The summed E-state index contributed by atoms with van der Waals surface area (Å²) in [5.74, 6) is 1.06. The quantitative estimate of drug-likeness (QED) is 0.655. The molecule has 52 valence electrons. The van der Waals surface area contributed by atoms with E-state index < -0.39 is 0 Å². The minimum atomic E-state index is 0.722. The molecule has 3 heteroatoms. The Labute approximate surface area is 76.8 Å². The van der Waals surface area contributed by atoms with Crippen LogP contribution in [0.4, 0.5) is 0 Å². The smallest absolute Gasteiger partial charge is 0.151 e. The minimum Gasteiger partial charge on any atom is -0.487 e. The van der Waals surface area contributed by atoms with Crippen molar-refractivity contribution in [3.63, 3.8) is 0 Å². The molecule has 0 radical (unpaired) electrons. The lowest BCUT2D eigenvalue weighted by molar-refractivity contribution is 0.358. The maximum Gasteiger partial charge on any atom is 0.151 e. The van der Waals surface area contributed by atoms with Gasteiger partial charge in [0.05, 0.1) is 0 Å². The minimum absolute atomic E-state index is 0.722. The third-order valence-electron chi connectivity index (χ3n) is 1.35. The molecule has 2 heterocycles. The lowest BCUT2D eigenvalue weighted by atomic mass is 10.2. The van der Waals surface area contributed by atoms with E-state index >= 15 is 0 Å². The molecule has 0 spiro atoms. The van der Waals surface area contributed by atoms with Crippen molar-refractivity contribution >= 4 is 40.0 Å². The Kier molecular flexibility index (Phi) is 1.69. The molecule has 1 aromatic rings. The largest absolute Gasteiger partial charge is 0.487 e. The van der Waals surface area contributed by atoms with Gasteiger partial charge in [0.25, 0.3) is 0 Å². The second kappa shape index (κ2) is 2.54. The Balaban J connectivity index is 2.57. The van der Waals surface area contributed by atoms with E-state index in [9.17, 15) is 0 Å². The summed E-state index contributed by atoms with van der Waals surface area (Å²) in [7, 11) is 0. The molecule has 0 N–H and O–H groups in total. The Morgan fingerprint density at radius 2 is 2.50 bits per heavy atom. The summed E-state index contributed by atoms with van der Waals surface area (Å²) in [4.78, 5) is 0. The van der Waals surface area contributed by atoms with Gasteiger partial charge in [0, 0.05) is 10.9 Å². The highest BCUT2D eigenvalue weighted by molar-refractivity contribution is 14.1. The lowest BCUT2D eigenvalue weighted by Gasteiger charge is -2.07. The van der Waals surface area contributed by atoms with Gasteiger partial charge in [-0.15, -0.1) is 11.3 Å². The molecular formula is C7H5IOS. The summed E-state index contributed by atoms with van der Waals surface area (Å²) in [6, 6.07) is 0. The van der Waals surface area contributed by atoms with Gasteiger partial charge in [0.15, 0.2) is 5.75 Å². The molecule has 2 rings (SSSR count). The summed E-state index contributed by atoms with van der Waals surface area (Å²) in [6.07, 6.45) is 4.14. The van der Waals surface area contributed by atoms with Gasteiger partial charge in [0.2, 0.25) is 0 Å². The molecule has 1 aliphatic rings. The third kappa shape index (κ3) is 0.971. The number of hydrogen-bond acceptors (Lipinski definition) is 2. The first-order valence-electron chi connectivity index (χ1n) is 2.94. The first-order valence-corrected chi connectivity index (χ1v) is 4.90. The van der Waals surface area contributed by atoms with Crippen molar-refractivity contribution < 1.29 is 4.74 Å². The SMILES string of the molecule is Ic1scc2c1OCC=C2. The van der Waals surface area contributed by atoms with E-state index in [4.69, 9.17) is 4.74 Å². The predicted molar refractivity (Wildman–Crippen MR) is 51.6 cm³/mol. The van der Waals surface area contributed by atoms with Crippen LogP contribution in [0.3, 0.4) is 0 Å². The van der Waals surface area contributed by atoms with Crippen LogP contribution >= 0.6 is 33.9 Å². The Morgan fingerprint density at radius 3 is 3.30 bits per heavy atom. The molecule has 1 aliphatic heterocycles. The Bertz CT molecular complexity index is 277. The van der Waals surface area contributed by atoms with Crippen LogP contribution in [0.5, 0.6) is 5.75 Å². The monoisotopic (exact) mass is 264 g/mol. The van der Waals surface area contributed by atoms with Crippen molar-refractivity contribution in [2.75, 3.05) is 6.61 Å². The number of rotatable bonds is 0. The van der Waals surface area contributed by atoms with Crippen LogP contribution in [-0.4, -0.2) is 6.61 Å². The number of halogens is 1. The average molecular weight is 264 g/mol. The van der Waals surface area contributed by atoms with E-state index in [-0.39, 0.29) is 0 Å². The lowest BCUT2D eigenvalue weighted by Crippen LogP contribution is -1.98. The second-order valence-corrected chi connectivity index (χ2v) is 4.70. The molecule has 0 aromatic carbocycles. The maximum absolute atomic E-state index is 5.41. The molecule has 0 fully saturated rings. The number of thiophene rings is 1. The zero-order valence-corrected chi connectivity index (χ0v) is 8.11. The molecule has 10 heavy (non-hydrogen) atoms. The molecule has 0 bridgehead atoms. The predicted octanol–water partition coefficient (Wildman–Crippen LogP) is 2.76. The fraction of sp³-hybridized carbons (Fsp3) is 0.143. The Morgan fingerprint density at radius 1 is 1.60 bits per heavy atom. The molecule has 0 saturated heterocycles. The van der Waals surface area contributed by atoms with Crippen molar-refractivity contribution in [1.82, 2.24) is 0 Å². The highest BCUT2D eigenvalue weighted by atomic mass is 127. The molecule has 1 nitrogen and oxygen atoms in total. The van der Waals surface area contributed by atoms with Crippen LogP contribution in [0, 0.1) is 2.88 Å². The van der Waals surface area contributed by atoms with Crippen molar-refractivity contribution in [3.05, 3.63) is 19.9 Å². The van der Waals surface area contributed by atoms with Crippen molar-refractivity contribution in [1.29, 1.82) is 0 Å². The van der Waals surface area contributed by atoms with Gasteiger partial charge in [-0.05, 0) is 28.7 Å². The zero-order valence-electron chi connectivity index (χ0n) is 5.13. The first-order chi connectivity index (χ1) is 4.88. The van der Waals surface area contributed by atoms with E-state index in [0.29, 0.717) is 0 Å². The van der Waals surface area contributed by atoms with E-state index in [0.717, 1.165) is 12.4 Å². The highest BCUT2D eigenvalue weighted by Gasteiger charge is 2.10. The number of ether oxygens (including phenoxy) is 1. The number of fused-ring (bicyclic) bond motifs is 1. The van der Waals surface area contributed by atoms with Gasteiger partial charge in [-0.25, -0.2) is 0 Å². The van der Waals surface area contributed by atoms with Crippen LogP contribution in [0.2, 0.25) is 0 Å². The van der Waals surface area contributed by atoms with E-state index in [1.165, 1.54) is 8.45 Å². The van der Waals surface area contributed by atoms with E-state index in [1.54, 1.807) is 11.3 Å². The topological polar surface area (TPSA) is 9.23 Å². The molecular weight excluding hydrogens is 259 g/mol. The maximum atomic E-state index is 5.41. The van der Waals surface area contributed by atoms with Crippen molar-refractivity contribution in [2.24, 2.45) is 0 Å². The highest BCUT2D eigenvalue weighted by Crippen LogP contribution is 2.34. The molecule has 1 aromatic heterocycles. The van der Waals surface area contributed by atoms with E-state index in [1.807, 2.05) is 6.08 Å². The fourth-order valence-electron chi connectivity index (χ4n) is 0.897. The van der Waals surface area contributed by atoms with Crippen molar-refractivity contribution in [3.8, 4) is 5.75 Å². The number of hydrogen-bond donors (Lipinski definition) is 0. The summed E-state index contributed by atoms with van der Waals surface area (Å²) in [5.41, 5.74) is 1.22. The summed E-state index contributed by atoms with van der Waals surface area (Å²) in [5, 5.41) is 2.12. The van der Waals surface area contributed by atoms with Crippen LogP contribution in [0.1, 0.15) is 5.56 Å². The normalized spacial score (nSPS) is 14.5. The Hall–Kier alpha value is -0.0300. The van der Waals surface area contributed by atoms with Crippen LogP contribution < -0.4 is 4.74 Å². The summed E-state index contributed by atoms with van der Waals surface area (Å²) >= 11 is 4.03. The van der Waals surface area contributed by atoms with Crippen LogP contribution in [0.25, 0.3) is 6.08 Å². The van der Waals surface area contributed by atoms with Gasteiger partial charge in [0.1, 0.15) is 9.49 Å². The van der Waals surface area contributed by atoms with Gasteiger partial charge in [-0.2, -0.15) is 0 Å². The fourth-order valence-corrected chi connectivity index (χ4v) is 2.45. The van der Waals surface area contributed by atoms with Gasteiger partial charge < -0.3 is 4.74 Å². The van der Waals surface area contributed by atoms with Gasteiger partial charge >= 0.3 is 0 Å². The molecule has 0 saturated carbocycles. The van der Waals surface area contributed by atoms with Gasteiger partial charge in [-0.3, -0.25) is 0 Å².